The molecular weight excluding hydrogens is 304 g/mol. The van der Waals surface area contributed by atoms with Crippen molar-refractivity contribution in [3.63, 3.8) is 0 Å². The Hall–Kier alpha value is -2.35. The molecule has 2 rings (SSSR count). The van der Waals surface area contributed by atoms with Crippen LogP contribution >= 0.6 is 0 Å². The zero-order valence-electron chi connectivity index (χ0n) is 10.5. The fourth-order valence-electron chi connectivity index (χ4n) is 1.63. The van der Waals surface area contributed by atoms with Gasteiger partial charge in [-0.2, -0.15) is 0 Å². The third kappa shape index (κ3) is 3.40. The van der Waals surface area contributed by atoms with Crippen LogP contribution in [0.25, 0.3) is 0 Å². The average molecular weight is 313 g/mol. The number of aromatic carboxylic acids is 1. The summed E-state index contributed by atoms with van der Waals surface area (Å²) in [5.41, 5.74) is -0.299. The van der Waals surface area contributed by atoms with E-state index in [1.54, 1.807) is 0 Å². The number of carbonyl (C=O) groups is 1. The summed E-state index contributed by atoms with van der Waals surface area (Å²) in [6, 6.07) is 6.14. The number of nitrogens with zero attached hydrogens (tertiary/aromatic N) is 1. The lowest BCUT2D eigenvalue weighted by atomic mass is 10.3. The van der Waals surface area contributed by atoms with Gasteiger partial charge in [0.15, 0.2) is 21.5 Å². The second-order valence-electron chi connectivity index (χ2n) is 4.15. The molecule has 0 saturated heterocycles. The number of hydrogen-bond acceptors (Lipinski definition) is 4. The van der Waals surface area contributed by atoms with Gasteiger partial charge in [0.05, 0.1) is 16.3 Å². The quantitative estimate of drug-likeness (QED) is 0.873. The highest BCUT2D eigenvalue weighted by Gasteiger charge is 2.19. The van der Waals surface area contributed by atoms with Crippen molar-refractivity contribution in [3.05, 3.63) is 59.4 Å². The largest absolute Gasteiger partial charge is 0.477 e. The molecular formula is C13H9F2NO4S. The van der Waals surface area contributed by atoms with Crippen molar-refractivity contribution in [2.75, 3.05) is 0 Å². The van der Waals surface area contributed by atoms with Crippen molar-refractivity contribution < 1.29 is 27.1 Å². The number of carboxylic acid groups (broad SMARTS) is 1. The van der Waals surface area contributed by atoms with Crippen LogP contribution in [0, 0.1) is 11.6 Å². The fraction of sp³-hybridized carbons (Fsp3) is 0.0769. The predicted molar refractivity (Wildman–Crippen MR) is 68.4 cm³/mol. The summed E-state index contributed by atoms with van der Waals surface area (Å²) >= 11 is 0. The highest BCUT2D eigenvalue weighted by atomic mass is 32.2. The second kappa shape index (κ2) is 5.57. The molecule has 0 aliphatic rings. The molecule has 1 N–H and O–H groups in total. The minimum Gasteiger partial charge on any atom is -0.477 e. The molecule has 5 nitrogen and oxygen atoms in total. The van der Waals surface area contributed by atoms with E-state index in [-0.39, 0.29) is 11.4 Å². The third-order valence-corrected chi connectivity index (χ3v) is 4.26. The van der Waals surface area contributed by atoms with E-state index in [2.05, 4.69) is 4.98 Å². The van der Waals surface area contributed by atoms with Gasteiger partial charge in [-0.1, -0.05) is 6.07 Å². The molecule has 0 amide bonds. The van der Waals surface area contributed by atoms with E-state index in [1.807, 2.05) is 0 Å². The minimum absolute atomic E-state index is 0.000340. The molecule has 1 heterocycles. The lowest BCUT2D eigenvalue weighted by Crippen LogP contribution is -2.09. The van der Waals surface area contributed by atoms with Crippen LogP contribution in [0.4, 0.5) is 8.78 Å². The van der Waals surface area contributed by atoms with Gasteiger partial charge in [0.25, 0.3) is 0 Å². The zero-order valence-corrected chi connectivity index (χ0v) is 11.3. The highest BCUT2D eigenvalue weighted by Crippen LogP contribution is 2.18. The van der Waals surface area contributed by atoms with E-state index in [0.717, 1.165) is 6.07 Å². The van der Waals surface area contributed by atoms with Gasteiger partial charge in [0, 0.05) is 0 Å². The summed E-state index contributed by atoms with van der Waals surface area (Å²) in [6.07, 6.45) is 0. The molecule has 1 aromatic carbocycles. The Morgan fingerprint density at radius 2 is 1.86 bits per heavy atom. The van der Waals surface area contributed by atoms with Crippen LogP contribution in [0.5, 0.6) is 0 Å². The van der Waals surface area contributed by atoms with Crippen molar-refractivity contribution in [2.24, 2.45) is 0 Å². The molecule has 0 aliphatic heterocycles. The number of hydrogen-bond donors (Lipinski definition) is 1. The maximum Gasteiger partial charge on any atom is 0.354 e. The molecule has 110 valence electrons. The summed E-state index contributed by atoms with van der Waals surface area (Å²) in [5, 5.41) is 8.79. The summed E-state index contributed by atoms with van der Waals surface area (Å²) < 4.78 is 50.0. The van der Waals surface area contributed by atoms with Crippen molar-refractivity contribution in [3.8, 4) is 0 Å². The maximum atomic E-state index is 13.1. The number of rotatable bonds is 4. The number of sulfone groups is 1. The number of carboxylic acids is 1. The smallest absolute Gasteiger partial charge is 0.354 e. The summed E-state index contributed by atoms with van der Waals surface area (Å²) in [7, 11) is -3.96. The fourth-order valence-corrected chi connectivity index (χ4v) is 2.90. The predicted octanol–water partition coefficient (Wildman–Crippen LogP) is 2.03. The first kappa shape index (κ1) is 15.0. The molecule has 2 aromatic rings. The van der Waals surface area contributed by atoms with Crippen molar-refractivity contribution in [2.45, 2.75) is 10.6 Å². The van der Waals surface area contributed by atoms with E-state index in [9.17, 15) is 22.0 Å². The zero-order chi connectivity index (χ0) is 15.6. The van der Waals surface area contributed by atoms with Gasteiger partial charge in [-0.15, -0.1) is 0 Å². The van der Waals surface area contributed by atoms with Gasteiger partial charge in [-0.05, 0) is 30.3 Å². The molecule has 0 fully saturated rings. The monoisotopic (exact) mass is 313 g/mol. The van der Waals surface area contributed by atoms with Gasteiger partial charge in [-0.25, -0.2) is 27.0 Å². The normalized spacial score (nSPS) is 11.3. The third-order valence-electron chi connectivity index (χ3n) is 2.61. The van der Waals surface area contributed by atoms with Gasteiger partial charge in [-0.3, -0.25) is 0 Å². The molecule has 0 aliphatic carbocycles. The first-order valence-electron chi connectivity index (χ1n) is 5.66. The SMILES string of the molecule is O=C(O)c1cccc(CS(=O)(=O)c2ccc(F)c(F)c2)n1. The Bertz CT molecular complexity index is 806. The molecule has 0 radical (unpaired) electrons. The minimum atomic E-state index is -3.96. The lowest BCUT2D eigenvalue weighted by molar-refractivity contribution is 0.0690. The van der Waals surface area contributed by atoms with E-state index in [1.165, 1.54) is 18.2 Å². The Balaban J connectivity index is 2.35. The molecule has 0 saturated carbocycles. The number of aromatic nitrogens is 1. The standard InChI is InChI=1S/C13H9F2NO4S/c14-10-5-4-9(6-11(10)15)21(19,20)7-8-2-1-3-12(16-8)13(17)18/h1-6H,7H2,(H,17,18). The molecule has 0 bridgehead atoms. The molecule has 0 atom stereocenters. The molecule has 0 spiro atoms. The van der Waals surface area contributed by atoms with E-state index >= 15 is 0 Å². The first-order valence-corrected chi connectivity index (χ1v) is 7.32. The summed E-state index contributed by atoms with van der Waals surface area (Å²) in [6.45, 7) is 0. The van der Waals surface area contributed by atoms with Gasteiger partial charge in [0.2, 0.25) is 0 Å². The number of pyridine rings is 1. The van der Waals surface area contributed by atoms with Crippen LogP contribution in [-0.2, 0) is 15.6 Å². The van der Waals surface area contributed by atoms with E-state index in [4.69, 9.17) is 5.11 Å². The van der Waals surface area contributed by atoms with Crippen LogP contribution in [0.1, 0.15) is 16.2 Å². The topological polar surface area (TPSA) is 84.3 Å². The van der Waals surface area contributed by atoms with E-state index in [0.29, 0.717) is 12.1 Å². The average Bonchev–Trinajstić information content (AvgIpc) is 2.41. The van der Waals surface area contributed by atoms with Crippen molar-refractivity contribution in [1.82, 2.24) is 4.98 Å². The number of benzene rings is 1. The van der Waals surface area contributed by atoms with E-state index < -0.39 is 38.1 Å². The van der Waals surface area contributed by atoms with Crippen LogP contribution < -0.4 is 0 Å². The molecule has 1 aromatic heterocycles. The van der Waals surface area contributed by atoms with Gasteiger partial charge in [0.1, 0.15) is 5.69 Å². The number of halogens is 2. The molecule has 21 heavy (non-hydrogen) atoms. The van der Waals surface area contributed by atoms with Gasteiger partial charge >= 0.3 is 5.97 Å². The Morgan fingerprint density at radius 1 is 1.14 bits per heavy atom. The lowest BCUT2D eigenvalue weighted by Gasteiger charge is -2.05. The van der Waals surface area contributed by atoms with Crippen LogP contribution in [0.2, 0.25) is 0 Å². The maximum absolute atomic E-state index is 13.1. The molecule has 0 unspecified atom stereocenters. The van der Waals surface area contributed by atoms with Crippen LogP contribution in [0.3, 0.4) is 0 Å². The van der Waals surface area contributed by atoms with Crippen molar-refractivity contribution >= 4 is 15.8 Å². The highest BCUT2D eigenvalue weighted by molar-refractivity contribution is 7.90. The van der Waals surface area contributed by atoms with Gasteiger partial charge < -0.3 is 5.11 Å². The van der Waals surface area contributed by atoms with Crippen LogP contribution in [0.15, 0.2) is 41.3 Å². The molecule has 8 heteroatoms. The Kier molecular flexibility index (Phi) is 3.99. The Labute approximate surface area is 118 Å². The first-order chi connectivity index (χ1) is 9.79. The summed E-state index contributed by atoms with van der Waals surface area (Å²) in [5.74, 6) is -4.33. The Morgan fingerprint density at radius 3 is 2.48 bits per heavy atom. The second-order valence-corrected chi connectivity index (χ2v) is 6.14. The van der Waals surface area contributed by atoms with Crippen molar-refractivity contribution in [1.29, 1.82) is 0 Å². The summed E-state index contributed by atoms with van der Waals surface area (Å²) in [4.78, 5) is 14.0. The van der Waals surface area contributed by atoms with Crippen LogP contribution in [-0.4, -0.2) is 24.5 Å².